The van der Waals surface area contributed by atoms with E-state index in [1.165, 1.54) is 44.2 Å². The van der Waals surface area contributed by atoms with Gasteiger partial charge in [-0.15, -0.1) is 0 Å². The van der Waals surface area contributed by atoms with Crippen LogP contribution in [0.25, 0.3) is 0 Å². The molecule has 1 aromatic carbocycles. The van der Waals surface area contributed by atoms with Gasteiger partial charge in [-0.2, -0.15) is 0 Å². The molecule has 1 atom stereocenters. The van der Waals surface area contributed by atoms with Crippen molar-refractivity contribution in [1.29, 1.82) is 0 Å². The van der Waals surface area contributed by atoms with E-state index in [0.29, 0.717) is 5.92 Å². The van der Waals surface area contributed by atoms with E-state index >= 15 is 0 Å². The van der Waals surface area contributed by atoms with Gasteiger partial charge in [0.2, 0.25) is 0 Å². The fourth-order valence-corrected chi connectivity index (χ4v) is 3.51. The minimum absolute atomic E-state index is 0.221. The molecule has 1 fully saturated rings. The molecule has 0 spiro atoms. The van der Waals surface area contributed by atoms with Gasteiger partial charge < -0.3 is 5.11 Å². The molecule has 0 aliphatic heterocycles. The Kier molecular flexibility index (Phi) is 5.59. The normalized spacial score (nSPS) is 24.6. The van der Waals surface area contributed by atoms with E-state index < -0.39 is 6.10 Å². The average molecular weight is 278 g/mol. The van der Waals surface area contributed by atoms with Crippen molar-refractivity contribution in [3.63, 3.8) is 0 Å². The first-order valence-electron chi connectivity index (χ1n) is 8.06. The highest BCUT2D eigenvalue weighted by Gasteiger charge is 2.27. The second-order valence-corrected chi connectivity index (χ2v) is 6.37. The van der Waals surface area contributed by atoms with E-state index in [0.717, 1.165) is 29.9 Å². The van der Waals surface area contributed by atoms with Gasteiger partial charge in [-0.1, -0.05) is 45.1 Å². The van der Waals surface area contributed by atoms with Crippen molar-refractivity contribution < 1.29 is 9.50 Å². The predicted octanol–water partition coefficient (Wildman–Crippen LogP) is 5.16. The lowest BCUT2D eigenvalue weighted by Crippen LogP contribution is -2.21. The van der Waals surface area contributed by atoms with Crippen molar-refractivity contribution in [2.24, 2.45) is 11.8 Å². The SMILES string of the molecule is CCCCC1CCC(C(O)c2ccc(F)cc2C)CC1. The summed E-state index contributed by atoms with van der Waals surface area (Å²) in [4.78, 5) is 0. The van der Waals surface area contributed by atoms with Gasteiger partial charge in [-0.05, 0) is 54.9 Å². The third kappa shape index (κ3) is 3.82. The maximum absolute atomic E-state index is 13.1. The second-order valence-electron chi connectivity index (χ2n) is 6.37. The molecule has 112 valence electrons. The van der Waals surface area contributed by atoms with Crippen LogP contribution in [0.5, 0.6) is 0 Å². The molecule has 0 amide bonds. The van der Waals surface area contributed by atoms with Crippen molar-refractivity contribution >= 4 is 0 Å². The fraction of sp³-hybridized carbons (Fsp3) is 0.667. The molecule has 0 radical (unpaired) electrons. The molecule has 1 aliphatic rings. The van der Waals surface area contributed by atoms with Crippen LogP contribution in [0, 0.1) is 24.6 Å². The summed E-state index contributed by atoms with van der Waals surface area (Å²) < 4.78 is 13.1. The Balaban J connectivity index is 1.92. The topological polar surface area (TPSA) is 20.2 Å². The van der Waals surface area contributed by atoms with Crippen LogP contribution >= 0.6 is 0 Å². The first-order chi connectivity index (χ1) is 9.61. The van der Waals surface area contributed by atoms with Crippen LogP contribution in [0.4, 0.5) is 4.39 Å². The third-order valence-corrected chi connectivity index (χ3v) is 4.85. The highest BCUT2D eigenvalue weighted by Crippen LogP contribution is 2.39. The number of rotatable bonds is 5. The van der Waals surface area contributed by atoms with Gasteiger partial charge in [-0.3, -0.25) is 0 Å². The summed E-state index contributed by atoms with van der Waals surface area (Å²) in [6.45, 7) is 4.13. The van der Waals surface area contributed by atoms with Gasteiger partial charge in [-0.25, -0.2) is 4.39 Å². The molecule has 0 bridgehead atoms. The number of unbranched alkanes of at least 4 members (excludes halogenated alkanes) is 1. The summed E-state index contributed by atoms with van der Waals surface area (Å²) in [6, 6.07) is 4.72. The second kappa shape index (κ2) is 7.21. The number of aryl methyl sites for hydroxylation is 1. The van der Waals surface area contributed by atoms with Gasteiger partial charge >= 0.3 is 0 Å². The van der Waals surface area contributed by atoms with Crippen LogP contribution < -0.4 is 0 Å². The molecule has 0 heterocycles. The van der Waals surface area contributed by atoms with E-state index in [4.69, 9.17) is 0 Å². The smallest absolute Gasteiger partial charge is 0.123 e. The number of aliphatic hydroxyl groups excluding tert-OH is 1. The summed E-state index contributed by atoms with van der Waals surface area (Å²) in [5.41, 5.74) is 1.77. The Hall–Kier alpha value is -0.890. The molecule has 1 unspecified atom stereocenters. The lowest BCUT2D eigenvalue weighted by Gasteiger charge is -2.32. The van der Waals surface area contributed by atoms with Crippen LogP contribution in [0.1, 0.15) is 69.1 Å². The minimum Gasteiger partial charge on any atom is -0.388 e. The number of hydrogen-bond acceptors (Lipinski definition) is 1. The number of benzene rings is 1. The molecule has 1 aliphatic carbocycles. The van der Waals surface area contributed by atoms with E-state index in [9.17, 15) is 9.50 Å². The van der Waals surface area contributed by atoms with Gasteiger partial charge in [0.15, 0.2) is 0 Å². The summed E-state index contributed by atoms with van der Waals surface area (Å²) >= 11 is 0. The number of halogens is 1. The van der Waals surface area contributed by atoms with Crippen LogP contribution in [0.2, 0.25) is 0 Å². The Morgan fingerprint density at radius 3 is 2.55 bits per heavy atom. The van der Waals surface area contributed by atoms with Crippen molar-refractivity contribution in [2.75, 3.05) is 0 Å². The maximum Gasteiger partial charge on any atom is 0.123 e. The van der Waals surface area contributed by atoms with E-state index in [1.807, 2.05) is 6.92 Å². The minimum atomic E-state index is -0.428. The maximum atomic E-state index is 13.1. The average Bonchev–Trinajstić information content (AvgIpc) is 2.45. The van der Waals surface area contributed by atoms with Crippen LogP contribution in [0.3, 0.4) is 0 Å². The molecule has 0 saturated heterocycles. The Labute approximate surface area is 122 Å². The Morgan fingerprint density at radius 1 is 1.25 bits per heavy atom. The molecular weight excluding hydrogens is 251 g/mol. The highest BCUT2D eigenvalue weighted by atomic mass is 19.1. The Bertz CT molecular complexity index is 421. The van der Waals surface area contributed by atoms with E-state index in [-0.39, 0.29) is 5.82 Å². The van der Waals surface area contributed by atoms with Crippen LogP contribution in [0.15, 0.2) is 18.2 Å². The molecule has 1 saturated carbocycles. The van der Waals surface area contributed by atoms with Crippen molar-refractivity contribution in [3.05, 3.63) is 35.1 Å². The number of aliphatic hydroxyl groups is 1. The zero-order valence-electron chi connectivity index (χ0n) is 12.7. The molecule has 2 heteroatoms. The first-order valence-corrected chi connectivity index (χ1v) is 8.06. The van der Waals surface area contributed by atoms with Crippen LogP contribution in [-0.4, -0.2) is 5.11 Å². The molecule has 1 aromatic rings. The summed E-state index contributed by atoms with van der Waals surface area (Å²) in [5.74, 6) is 0.978. The molecule has 1 N–H and O–H groups in total. The fourth-order valence-electron chi connectivity index (χ4n) is 3.51. The molecule has 2 rings (SSSR count). The molecule has 1 nitrogen and oxygen atoms in total. The van der Waals surface area contributed by atoms with Crippen molar-refractivity contribution in [1.82, 2.24) is 0 Å². The zero-order valence-corrected chi connectivity index (χ0v) is 12.7. The largest absolute Gasteiger partial charge is 0.388 e. The molecule has 0 aromatic heterocycles. The van der Waals surface area contributed by atoms with Crippen molar-refractivity contribution in [3.8, 4) is 0 Å². The summed E-state index contributed by atoms with van der Waals surface area (Å²) in [6.07, 6.45) is 8.20. The first kappa shape index (κ1) is 15.5. The summed E-state index contributed by atoms with van der Waals surface area (Å²) in [5, 5.41) is 10.6. The van der Waals surface area contributed by atoms with Gasteiger partial charge in [0.25, 0.3) is 0 Å². The van der Waals surface area contributed by atoms with E-state index in [1.54, 1.807) is 6.07 Å². The monoisotopic (exact) mass is 278 g/mol. The standard InChI is InChI=1S/C18H27FO/c1-3-4-5-14-6-8-15(9-7-14)18(20)17-11-10-16(19)12-13(17)2/h10-12,14-15,18,20H,3-9H2,1-2H3. The van der Waals surface area contributed by atoms with E-state index in [2.05, 4.69) is 6.92 Å². The molecular formula is C18H27FO. The zero-order chi connectivity index (χ0) is 14.5. The van der Waals surface area contributed by atoms with Gasteiger partial charge in [0.05, 0.1) is 6.10 Å². The highest BCUT2D eigenvalue weighted by molar-refractivity contribution is 5.29. The predicted molar refractivity (Wildman–Crippen MR) is 81.1 cm³/mol. The quantitative estimate of drug-likeness (QED) is 0.788. The van der Waals surface area contributed by atoms with Gasteiger partial charge in [0.1, 0.15) is 5.82 Å². The number of hydrogen-bond donors (Lipinski definition) is 1. The Morgan fingerprint density at radius 2 is 1.95 bits per heavy atom. The lowest BCUT2D eigenvalue weighted by molar-refractivity contribution is 0.0715. The van der Waals surface area contributed by atoms with Crippen LogP contribution in [-0.2, 0) is 0 Å². The molecule has 20 heavy (non-hydrogen) atoms. The third-order valence-electron chi connectivity index (χ3n) is 4.85. The lowest BCUT2D eigenvalue weighted by atomic mass is 9.76. The van der Waals surface area contributed by atoms with Crippen molar-refractivity contribution in [2.45, 2.75) is 64.9 Å². The summed E-state index contributed by atoms with van der Waals surface area (Å²) in [7, 11) is 0. The van der Waals surface area contributed by atoms with Gasteiger partial charge in [0, 0.05) is 0 Å².